The molecular weight excluding hydrogens is 224 g/mol. The third kappa shape index (κ3) is 5.33. The van der Waals surface area contributed by atoms with E-state index < -0.39 is 27.7 Å². The molecule has 0 aromatic heterocycles. The predicted octanol–water partition coefficient (Wildman–Crippen LogP) is -1.53. The number of rotatable bonds is 6. The van der Waals surface area contributed by atoms with E-state index in [1.807, 2.05) is 0 Å². The molecule has 15 heavy (non-hydrogen) atoms. The second-order valence-electron chi connectivity index (χ2n) is 2.86. The largest absolute Gasteiger partial charge is 0.480 e. The van der Waals surface area contributed by atoms with Gasteiger partial charge in [-0.1, -0.05) is 0 Å². The summed E-state index contributed by atoms with van der Waals surface area (Å²) in [6.07, 6.45) is 0. The zero-order chi connectivity index (χ0) is 12.1. The van der Waals surface area contributed by atoms with Crippen LogP contribution in [0.5, 0.6) is 0 Å². The Hall–Kier alpha value is -1.15. The van der Waals surface area contributed by atoms with Crippen LogP contribution in [0.4, 0.5) is 0 Å². The summed E-state index contributed by atoms with van der Waals surface area (Å²) in [5.41, 5.74) is 0. The van der Waals surface area contributed by atoms with E-state index in [9.17, 15) is 18.0 Å². The van der Waals surface area contributed by atoms with Crippen LogP contribution in [0.1, 0.15) is 6.92 Å². The average molecular weight is 238 g/mol. The fraction of sp³-hybridized carbons (Fsp3) is 0.714. The van der Waals surface area contributed by atoms with Gasteiger partial charge in [0.15, 0.2) is 5.75 Å². The summed E-state index contributed by atoms with van der Waals surface area (Å²) < 4.78 is 23.2. The van der Waals surface area contributed by atoms with Gasteiger partial charge in [0.05, 0.1) is 6.54 Å². The van der Waals surface area contributed by atoms with Gasteiger partial charge in [0.2, 0.25) is 15.9 Å². The van der Waals surface area contributed by atoms with Crippen molar-refractivity contribution in [1.29, 1.82) is 0 Å². The number of nitrogens with zero attached hydrogens (tertiary/aromatic N) is 1. The number of sulfonamides is 1. The molecule has 0 aromatic carbocycles. The fourth-order valence-electron chi connectivity index (χ4n) is 0.820. The SMILES string of the molecule is CCNC(=O)CN(C)S(=O)(=O)CC(=O)O. The first-order valence-electron chi connectivity index (χ1n) is 4.22. The van der Waals surface area contributed by atoms with Crippen molar-refractivity contribution in [2.45, 2.75) is 6.92 Å². The van der Waals surface area contributed by atoms with Gasteiger partial charge in [-0.25, -0.2) is 8.42 Å². The highest BCUT2D eigenvalue weighted by Gasteiger charge is 2.23. The van der Waals surface area contributed by atoms with Crippen molar-refractivity contribution < 1.29 is 23.1 Å². The minimum absolute atomic E-state index is 0.372. The maximum Gasteiger partial charge on any atom is 0.320 e. The van der Waals surface area contributed by atoms with Crippen molar-refractivity contribution in [3.8, 4) is 0 Å². The molecule has 0 atom stereocenters. The standard InChI is InChI=1S/C7H14N2O5S/c1-3-8-6(10)4-9(2)15(13,14)5-7(11)12/h3-5H2,1-2H3,(H,8,10)(H,11,12). The third-order valence-electron chi connectivity index (χ3n) is 1.52. The zero-order valence-corrected chi connectivity index (χ0v) is 9.37. The molecule has 0 heterocycles. The Bertz CT molecular complexity index is 337. The van der Waals surface area contributed by atoms with Crippen molar-refractivity contribution in [2.24, 2.45) is 0 Å². The Morgan fingerprint density at radius 2 is 1.93 bits per heavy atom. The molecule has 2 N–H and O–H groups in total. The van der Waals surface area contributed by atoms with Crippen LogP contribution in [0.3, 0.4) is 0 Å². The monoisotopic (exact) mass is 238 g/mol. The lowest BCUT2D eigenvalue weighted by Gasteiger charge is -2.14. The van der Waals surface area contributed by atoms with Gasteiger partial charge in [0.25, 0.3) is 0 Å². The molecule has 0 rings (SSSR count). The quantitative estimate of drug-likeness (QED) is 0.584. The second kappa shape index (κ2) is 5.66. The van der Waals surface area contributed by atoms with E-state index in [0.29, 0.717) is 10.8 Å². The number of aliphatic carboxylic acids is 1. The summed E-state index contributed by atoms with van der Waals surface area (Å²) in [4.78, 5) is 21.2. The van der Waals surface area contributed by atoms with Crippen LogP contribution in [0.2, 0.25) is 0 Å². The van der Waals surface area contributed by atoms with Crippen LogP contribution in [-0.4, -0.2) is 55.6 Å². The minimum Gasteiger partial charge on any atom is -0.480 e. The molecule has 0 aliphatic carbocycles. The smallest absolute Gasteiger partial charge is 0.320 e. The van der Waals surface area contributed by atoms with Crippen molar-refractivity contribution in [2.75, 3.05) is 25.9 Å². The maximum absolute atomic E-state index is 11.2. The number of amides is 1. The molecule has 0 spiro atoms. The summed E-state index contributed by atoms with van der Waals surface area (Å²) in [5, 5.41) is 10.7. The van der Waals surface area contributed by atoms with Crippen LogP contribution in [0.15, 0.2) is 0 Å². The number of carbonyl (C=O) groups is 2. The fourth-order valence-corrected chi connectivity index (χ4v) is 1.67. The van der Waals surface area contributed by atoms with Gasteiger partial charge in [-0.3, -0.25) is 9.59 Å². The van der Waals surface area contributed by atoms with E-state index in [-0.39, 0.29) is 6.54 Å². The molecule has 0 aliphatic heterocycles. The lowest BCUT2D eigenvalue weighted by atomic mass is 10.5. The van der Waals surface area contributed by atoms with Gasteiger partial charge >= 0.3 is 5.97 Å². The van der Waals surface area contributed by atoms with Crippen LogP contribution in [0, 0.1) is 0 Å². The first-order chi connectivity index (χ1) is 6.79. The van der Waals surface area contributed by atoms with Gasteiger partial charge in [0.1, 0.15) is 0 Å². The zero-order valence-electron chi connectivity index (χ0n) is 8.56. The molecule has 1 amide bonds. The molecule has 7 nitrogen and oxygen atoms in total. The number of nitrogens with one attached hydrogen (secondary N) is 1. The molecule has 88 valence electrons. The second-order valence-corrected chi connectivity index (χ2v) is 4.94. The van der Waals surface area contributed by atoms with E-state index in [1.54, 1.807) is 6.92 Å². The van der Waals surface area contributed by atoms with E-state index in [0.717, 1.165) is 7.05 Å². The number of carboxylic acid groups (broad SMARTS) is 1. The molecule has 0 saturated carbocycles. The van der Waals surface area contributed by atoms with Crippen LogP contribution in [0.25, 0.3) is 0 Å². The Kier molecular flexibility index (Phi) is 5.23. The average Bonchev–Trinajstić information content (AvgIpc) is 2.01. The summed E-state index contributed by atoms with van der Waals surface area (Å²) in [5.74, 6) is -2.92. The summed E-state index contributed by atoms with van der Waals surface area (Å²) in [6.45, 7) is 1.72. The number of hydrogen-bond acceptors (Lipinski definition) is 4. The Morgan fingerprint density at radius 1 is 1.40 bits per heavy atom. The van der Waals surface area contributed by atoms with Crippen LogP contribution >= 0.6 is 0 Å². The molecule has 0 aromatic rings. The topological polar surface area (TPSA) is 104 Å². The van der Waals surface area contributed by atoms with Crippen molar-refractivity contribution in [1.82, 2.24) is 9.62 Å². The van der Waals surface area contributed by atoms with Gasteiger partial charge in [-0.2, -0.15) is 4.31 Å². The summed E-state index contributed by atoms with van der Waals surface area (Å²) in [6, 6.07) is 0. The number of carbonyl (C=O) groups excluding carboxylic acids is 1. The van der Waals surface area contributed by atoms with Crippen LogP contribution < -0.4 is 5.32 Å². The first-order valence-corrected chi connectivity index (χ1v) is 5.83. The van der Waals surface area contributed by atoms with Gasteiger partial charge in [-0.05, 0) is 6.92 Å². The normalized spacial score (nSPS) is 11.4. The predicted molar refractivity (Wildman–Crippen MR) is 52.7 cm³/mol. The van der Waals surface area contributed by atoms with Gasteiger partial charge in [-0.15, -0.1) is 0 Å². The Morgan fingerprint density at radius 3 is 2.33 bits per heavy atom. The molecule has 0 saturated heterocycles. The van der Waals surface area contributed by atoms with Gasteiger partial charge in [0, 0.05) is 13.6 Å². The summed E-state index contributed by atoms with van der Waals surface area (Å²) in [7, 11) is -2.74. The lowest BCUT2D eigenvalue weighted by molar-refractivity contribution is -0.134. The molecule has 0 bridgehead atoms. The van der Waals surface area contributed by atoms with Crippen molar-refractivity contribution in [3.05, 3.63) is 0 Å². The first kappa shape index (κ1) is 13.8. The minimum atomic E-state index is -3.90. The molecule has 0 aliphatic rings. The molecule has 8 heteroatoms. The van der Waals surface area contributed by atoms with Crippen molar-refractivity contribution in [3.63, 3.8) is 0 Å². The highest BCUT2D eigenvalue weighted by atomic mass is 32.2. The van der Waals surface area contributed by atoms with E-state index in [1.165, 1.54) is 0 Å². The number of hydrogen-bond donors (Lipinski definition) is 2. The van der Waals surface area contributed by atoms with Crippen molar-refractivity contribution >= 4 is 21.9 Å². The molecule has 0 unspecified atom stereocenters. The Labute approximate surface area is 88.1 Å². The highest BCUT2D eigenvalue weighted by Crippen LogP contribution is 1.97. The van der Waals surface area contributed by atoms with E-state index >= 15 is 0 Å². The lowest BCUT2D eigenvalue weighted by Crippen LogP contribution is -2.40. The molecule has 0 radical (unpaired) electrons. The molecule has 0 fully saturated rings. The number of carboxylic acids is 1. The molecular formula is C7H14N2O5S. The summed E-state index contributed by atoms with van der Waals surface area (Å²) >= 11 is 0. The Balaban J connectivity index is 4.38. The van der Waals surface area contributed by atoms with E-state index in [2.05, 4.69) is 5.32 Å². The third-order valence-corrected chi connectivity index (χ3v) is 3.21. The van der Waals surface area contributed by atoms with E-state index in [4.69, 9.17) is 5.11 Å². The van der Waals surface area contributed by atoms with Gasteiger partial charge < -0.3 is 10.4 Å². The maximum atomic E-state index is 11.2. The number of likely N-dealkylation sites (N-methyl/N-ethyl adjacent to an activating group) is 2. The highest BCUT2D eigenvalue weighted by molar-refractivity contribution is 7.89. The van der Waals surface area contributed by atoms with Crippen LogP contribution in [-0.2, 0) is 19.6 Å².